The van der Waals surface area contributed by atoms with Crippen LogP contribution in [0.5, 0.6) is 0 Å². The van der Waals surface area contributed by atoms with Gasteiger partial charge in [-0.15, -0.1) is 11.3 Å². The standard InChI is InChI=1S/C58H39NS/c1-3-13-40(14-4-1)41-25-27-42(28-26-41)43-29-34-48(35-30-43)59(49-36-31-46(32-37-49)53-22-12-23-55-54-20-9-10-24-57(54)60-58(53)55)56-39-47(33-38-52(56)45-15-5-2-6-16-45)51-21-11-18-44-17-7-8-19-50(44)51/h1-39H. The second kappa shape index (κ2) is 15.3. The Bertz CT molecular complexity index is 3270. The highest BCUT2D eigenvalue weighted by Gasteiger charge is 2.20. The summed E-state index contributed by atoms with van der Waals surface area (Å²) in [5.74, 6) is 0. The Morgan fingerprint density at radius 1 is 0.283 bits per heavy atom. The summed E-state index contributed by atoms with van der Waals surface area (Å²) in [5, 5.41) is 5.10. The van der Waals surface area contributed by atoms with Crippen molar-refractivity contribution in [3.05, 3.63) is 237 Å². The van der Waals surface area contributed by atoms with Crippen LogP contribution in [-0.4, -0.2) is 0 Å². The molecule has 282 valence electrons. The molecule has 0 aliphatic heterocycles. The number of anilines is 3. The van der Waals surface area contributed by atoms with Crippen LogP contribution in [-0.2, 0) is 0 Å². The van der Waals surface area contributed by atoms with Gasteiger partial charge in [0, 0.05) is 37.1 Å². The quantitative estimate of drug-likeness (QED) is 0.148. The van der Waals surface area contributed by atoms with Gasteiger partial charge in [0.1, 0.15) is 0 Å². The first-order valence-electron chi connectivity index (χ1n) is 20.5. The summed E-state index contributed by atoms with van der Waals surface area (Å²) in [6.07, 6.45) is 0. The second-order valence-corrected chi connectivity index (χ2v) is 16.3. The van der Waals surface area contributed by atoms with Gasteiger partial charge in [-0.1, -0.05) is 200 Å². The van der Waals surface area contributed by atoms with E-state index in [1.807, 2.05) is 11.3 Å². The lowest BCUT2D eigenvalue weighted by atomic mass is 9.94. The summed E-state index contributed by atoms with van der Waals surface area (Å²) in [6.45, 7) is 0. The normalized spacial score (nSPS) is 11.3. The van der Waals surface area contributed by atoms with Crippen LogP contribution in [0.25, 0.3) is 86.6 Å². The molecule has 1 heterocycles. The number of thiophene rings is 1. The van der Waals surface area contributed by atoms with Crippen molar-refractivity contribution in [1.29, 1.82) is 0 Å². The predicted molar refractivity (Wildman–Crippen MR) is 259 cm³/mol. The molecule has 0 N–H and O–H groups in total. The molecule has 1 aromatic heterocycles. The average Bonchev–Trinajstić information content (AvgIpc) is 3.72. The van der Waals surface area contributed by atoms with E-state index in [1.165, 1.54) is 86.6 Å². The van der Waals surface area contributed by atoms with E-state index in [2.05, 4.69) is 241 Å². The molecule has 10 aromatic carbocycles. The highest BCUT2D eigenvalue weighted by Crippen LogP contribution is 2.46. The van der Waals surface area contributed by atoms with Crippen molar-refractivity contribution >= 4 is 59.3 Å². The van der Waals surface area contributed by atoms with Gasteiger partial charge >= 0.3 is 0 Å². The van der Waals surface area contributed by atoms with E-state index in [4.69, 9.17) is 0 Å². The van der Waals surface area contributed by atoms with Crippen molar-refractivity contribution in [2.24, 2.45) is 0 Å². The van der Waals surface area contributed by atoms with Crippen molar-refractivity contribution in [2.75, 3.05) is 4.90 Å². The van der Waals surface area contributed by atoms with Gasteiger partial charge in [0.25, 0.3) is 0 Å². The van der Waals surface area contributed by atoms with Crippen molar-refractivity contribution in [3.63, 3.8) is 0 Å². The predicted octanol–water partition coefficient (Wildman–Crippen LogP) is 17.0. The van der Waals surface area contributed by atoms with Crippen LogP contribution in [0.2, 0.25) is 0 Å². The van der Waals surface area contributed by atoms with Crippen LogP contribution in [0.3, 0.4) is 0 Å². The first kappa shape index (κ1) is 35.6. The van der Waals surface area contributed by atoms with Gasteiger partial charge in [0.2, 0.25) is 0 Å². The Labute approximate surface area is 354 Å². The molecule has 11 rings (SSSR count). The van der Waals surface area contributed by atoms with E-state index < -0.39 is 0 Å². The summed E-state index contributed by atoms with van der Waals surface area (Å²) in [5.41, 5.74) is 15.3. The molecule has 0 bridgehead atoms. The minimum absolute atomic E-state index is 1.09. The van der Waals surface area contributed by atoms with Crippen molar-refractivity contribution < 1.29 is 0 Å². The number of benzene rings is 10. The SMILES string of the molecule is c1ccc(-c2ccc(-c3ccc(N(c4ccc(-c5cccc6c5sc5ccccc56)cc4)c4cc(-c5cccc6ccccc56)ccc4-c4ccccc4)cc3)cc2)cc1. The smallest absolute Gasteiger partial charge is 0.0546 e. The van der Waals surface area contributed by atoms with Gasteiger partial charge in [-0.05, 0) is 97.2 Å². The third kappa shape index (κ3) is 6.54. The number of fused-ring (bicyclic) bond motifs is 4. The maximum absolute atomic E-state index is 2.43. The van der Waals surface area contributed by atoms with Crippen LogP contribution in [0.1, 0.15) is 0 Å². The molecule has 60 heavy (non-hydrogen) atoms. The molecule has 11 aromatic rings. The van der Waals surface area contributed by atoms with Crippen molar-refractivity contribution in [2.45, 2.75) is 0 Å². The van der Waals surface area contributed by atoms with Gasteiger partial charge < -0.3 is 4.90 Å². The van der Waals surface area contributed by atoms with Gasteiger partial charge in [-0.3, -0.25) is 0 Å². The zero-order valence-electron chi connectivity index (χ0n) is 32.9. The Morgan fingerprint density at radius 2 is 0.750 bits per heavy atom. The molecule has 0 saturated carbocycles. The molecule has 1 nitrogen and oxygen atoms in total. The molecular weight excluding hydrogens is 743 g/mol. The third-order valence-electron chi connectivity index (χ3n) is 11.7. The summed E-state index contributed by atoms with van der Waals surface area (Å²) >= 11 is 1.88. The number of rotatable bonds is 8. The minimum atomic E-state index is 1.09. The number of nitrogens with zero attached hydrogens (tertiary/aromatic N) is 1. The van der Waals surface area contributed by atoms with Crippen molar-refractivity contribution in [1.82, 2.24) is 0 Å². The van der Waals surface area contributed by atoms with E-state index >= 15 is 0 Å². The van der Waals surface area contributed by atoms with Crippen LogP contribution in [0.15, 0.2) is 237 Å². The van der Waals surface area contributed by atoms with E-state index in [0.29, 0.717) is 0 Å². The minimum Gasteiger partial charge on any atom is -0.310 e. The van der Waals surface area contributed by atoms with Gasteiger partial charge in [0.15, 0.2) is 0 Å². The first-order valence-corrected chi connectivity index (χ1v) is 21.3. The second-order valence-electron chi connectivity index (χ2n) is 15.3. The lowest BCUT2D eigenvalue weighted by molar-refractivity contribution is 1.28. The number of hydrogen-bond acceptors (Lipinski definition) is 2. The highest BCUT2D eigenvalue weighted by molar-refractivity contribution is 7.26. The molecule has 0 atom stereocenters. The van der Waals surface area contributed by atoms with E-state index in [-0.39, 0.29) is 0 Å². The van der Waals surface area contributed by atoms with Crippen molar-refractivity contribution in [3.8, 4) is 55.6 Å². The number of hydrogen-bond donors (Lipinski definition) is 0. The zero-order chi connectivity index (χ0) is 39.8. The molecule has 0 amide bonds. The molecular formula is C58H39NS. The molecule has 0 aliphatic rings. The topological polar surface area (TPSA) is 3.24 Å². The molecule has 0 fully saturated rings. The molecule has 0 saturated heterocycles. The fraction of sp³-hybridized carbons (Fsp3) is 0. The maximum atomic E-state index is 2.43. The first-order chi connectivity index (χ1) is 29.7. The van der Waals surface area contributed by atoms with Crippen LogP contribution in [0, 0.1) is 0 Å². The highest BCUT2D eigenvalue weighted by atomic mass is 32.1. The molecule has 0 radical (unpaired) electrons. The fourth-order valence-electron chi connectivity index (χ4n) is 8.70. The Hall–Kier alpha value is -7.52. The summed E-state index contributed by atoms with van der Waals surface area (Å²) in [7, 11) is 0. The third-order valence-corrected chi connectivity index (χ3v) is 12.9. The maximum Gasteiger partial charge on any atom is 0.0546 e. The Balaban J connectivity index is 1.06. The molecule has 0 unspecified atom stereocenters. The molecule has 0 spiro atoms. The van der Waals surface area contributed by atoms with Gasteiger partial charge in [-0.2, -0.15) is 0 Å². The lowest BCUT2D eigenvalue weighted by Crippen LogP contribution is -2.11. The van der Waals surface area contributed by atoms with Crippen LogP contribution < -0.4 is 4.90 Å². The van der Waals surface area contributed by atoms with E-state index in [1.54, 1.807) is 0 Å². The van der Waals surface area contributed by atoms with E-state index in [0.717, 1.165) is 17.1 Å². The Kier molecular flexibility index (Phi) is 9.11. The molecule has 2 heteroatoms. The Morgan fingerprint density at radius 3 is 1.45 bits per heavy atom. The molecule has 0 aliphatic carbocycles. The van der Waals surface area contributed by atoms with Crippen LogP contribution in [0.4, 0.5) is 17.1 Å². The fourth-order valence-corrected chi connectivity index (χ4v) is 9.94. The average molecular weight is 782 g/mol. The summed E-state index contributed by atoms with van der Waals surface area (Å²) < 4.78 is 2.64. The lowest BCUT2D eigenvalue weighted by Gasteiger charge is -2.29. The van der Waals surface area contributed by atoms with Gasteiger partial charge in [-0.25, -0.2) is 0 Å². The van der Waals surface area contributed by atoms with Crippen LogP contribution >= 0.6 is 11.3 Å². The monoisotopic (exact) mass is 781 g/mol. The zero-order valence-corrected chi connectivity index (χ0v) is 33.7. The largest absolute Gasteiger partial charge is 0.310 e. The van der Waals surface area contributed by atoms with E-state index in [9.17, 15) is 0 Å². The summed E-state index contributed by atoms with van der Waals surface area (Å²) in [6, 6.07) is 86.1. The van der Waals surface area contributed by atoms with Gasteiger partial charge in [0.05, 0.1) is 5.69 Å². The summed E-state index contributed by atoms with van der Waals surface area (Å²) in [4.78, 5) is 2.43.